The highest BCUT2D eigenvalue weighted by atomic mass is 19.2. The van der Waals surface area contributed by atoms with Gasteiger partial charge in [0.1, 0.15) is 12.1 Å². The second-order valence-electron chi connectivity index (χ2n) is 5.17. The van der Waals surface area contributed by atoms with E-state index in [9.17, 15) is 18.4 Å². The summed E-state index contributed by atoms with van der Waals surface area (Å²) in [5, 5.41) is 0. The third kappa shape index (κ3) is 1.78. The number of rotatable bonds is 1. The van der Waals surface area contributed by atoms with Gasteiger partial charge in [0.15, 0.2) is 11.6 Å². The van der Waals surface area contributed by atoms with E-state index < -0.39 is 23.7 Å². The molecule has 0 aliphatic carbocycles. The van der Waals surface area contributed by atoms with Gasteiger partial charge in [-0.25, -0.2) is 8.78 Å². The number of benzene rings is 1. The van der Waals surface area contributed by atoms with Crippen LogP contribution in [0, 0.1) is 11.6 Å². The molecule has 20 heavy (non-hydrogen) atoms. The van der Waals surface area contributed by atoms with E-state index in [-0.39, 0.29) is 17.5 Å². The first kappa shape index (κ1) is 13.0. The largest absolute Gasteiger partial charge is 0.329 e. The van der Waals surface area contributed by atoms with Gasteiger partial charge in [0.25, 0.3) is 5.91 Å². The molecule has 4 nitrogen and oxygen atoms in total. The molecule has 2 unspecified atom stereocenters. The zero-order valence-corrected chi connectivity index (χ0v) is 11.0. The van der Waals surface area contributed by atoms with E-state index in [1.807, 2.05) is 0 Å². The molecule has 2 saturated heterocycles. The maximum Gasteiger partial charge on any atom is 0.250 e. The van der Waals surface area contributed by atoms with Crippen LogP contribution in [0.15, 0.2) is 18.2 Å². The number of hydrogen-bond donors (Lipinski definition) is 0. The molecule has 2 amide bonds. The SMILES string of the molecule is CC1C(=O)N2CCCC2C(=O)N1c1ccc(F)c(F)c1. The van der Waals surface area contributed by atoms with Gasteiger partial charge in [-0.15, -0.1) is 0 Å². The number of anilines is 1. The molecule has 106 valence electrons. The molecule has 2 heterocycles. The van der Waals surface area contributed by atoms with Crippen molar-refractivity contribution in [2.45, 2.75) is 31.8 Å². The Hall–Kier alpha value is -1.98. The molecule has 2 aliphatic heterocycles. The average Bonchev–Trinajstić information content (AvgIpc) is 2.90. The highest BCUT2D eigenvalue weighted by molar-refractivity contribution is 6.08. The first-order valence-electron chi connectivity index (χ1n) is 6.59. The first-order valence-corrected chi connectivity index (χ1v) is 6.59. The molecule has 0 aromatic heterocycles. The summed E-state index contributed by atoms with van der Waals surface area (Å²) >= 11 is 0. The second kappa shape index (κ2) is 4.54. The van der Waals surface area contributed by atoms with Gasteiger partial charge in [-0.05, 0) is 31.9 Å². The molecule has 0 N–H and O–H groups in total. The molecule has 0 spiro atoms. The van der Waals surface area contributed by atoms with Crippen molar-refractivity contribution in [3.05, 3.63) is 29.8 Å². The zero-order valence-electron chi connectivity index (χ0n) is 11.0. The quantitative estimate of drug-likeness (QED) is 0.785. The van der Waals surface area contributed by atoms with Crippen LogP contribution in [0.25, 0.3) is 0 Å². The van der Waals surface area contributed by atoms with Crippen LogP contribution >= 0.6 is 0 Å². The number of amides is 2. The highest BCUT2D eigenvalue weighted by Crippen LogP contribution is 2.31. The Morgan fingerprint density at radius 2 is 1.90 bits per heavy atom. The van der Waals surface area contributed by atoms with Crippen LogP contribution in [-0.4, -0.2) is 35.3 Å². The molecule has 3 rings (SSSR count). The Bertz CT molecular complexity index is 591. The number of carbonyl (C=O) groups is 2. The summed E-state index contributed by atoms with van der Waals surface area (Å²) in [6.07, 6.45) is 1.41. The van der Waals surface area contributed by atoms with Crippen molar-refractivity contribution >= 4 is 17.5 Å². The van der Waals surface area contributed by atoms with Crippen molar-refractivity contribution in [1.29, 1.82) is 0 Å². The Morgan fingerprint density at radius 3 is 2.60 bits per heavy atom. The number of hydrogen-bond acceptors (Lipinski definition) is 2. The van der Waals surface area contributed by atoms with E-state index in [1.165, 1.54) is 11.0 Å². The summed E-state index contributed by atoms with van der Waals surface area (Å²) in [4.78, 5) is 27.6. The lowest BCUT2D eigenvalue weighted by Gasteiger charge is -2.40. The molecular weight excluding hydrogens is 266 g/mol. The van der Waals surface area contributed by atoms with Crippen molar-refractivity contribution in [2.24, 2.45) is 0 Å². The third-order valence-corrected chi connectivity index (χ3v) is 3.98. The molecule has 1 aromatic carbocycles. The van der Waals surface area contributed by atoms with Crippen molar-refractivity contribution in [1.82, 2.24) is 4.90 Å². The zero-order chi connectivity index (χ0) is 14.4. The average molecular weight is 280 g/mol. The molecule has 0 radical (unpaired) electrons. The third-order valence-electron chi connectivity index (χ3n) is 3.98. The minimum absolute atomic E-state index is 0.142. The van der Waals surface area contributed by atoms with Gasteiger partial charge < -0.3 is 4.90 Å². The molecule has 2 fully saturated rings. The summed E-state index contributed by atoms with van der Waals surface area (Å²) in [7, 11) is 0. The number of fused-ring (bicyclic) bond motifs is 1. The Labute approximate surface area is 115 Å². The topological polar surface area (TPSA) is 40.6 Å². The Kier molecular flexibility index (Phi) is 2.96. The summed E-state index contributed by atoms with van der Waals surface area (Å²) in [5.41, 5.74) is 0.223. The van der Waals surface area contributed by atoms with Crippen LogP contribution in [0.5, 0.6) is 0 Å². The normalized spacial score (nSPS) is 26.1. The van der Waals surface area contributed by atoms with Crippen LogP contribution in [0.4, 0.5) is 14.5 Å². The van der Waals surface area contributed by atoms with Crippen LogP contribution in [-0.2, 0) is 9.59 Å². The summed E-state index contributed by atoms with van der Waals surface area (Å²) < 4.78 is 26.3. The Morgan fingerprint density at radius 1 is 1.15 bits per heavy atom. The predicted octanol–water partition coefficient (Wildman–Crippen LogP) is 1.69. The van der Waals surface area contributed by atoms with Gasteiger partial charge >= 0.3 is 0 Å². The van der Waals surface area contributed by atoms with Gasteiger partial charge in [-0.3, -0.25) is 14.5 Å². The minimum Gasteiger partial charge on any atom is -0.329 e. The van der Waals surface area contributed by atoms with Gasteiger partial charge in [-0.1, -0.05) is 0 Å². The minimum atomic E-state index is -1.02. The molecule has 0 saturated carbocycles. The summed E-state index contributed by atoms with van der Waals surface area (Å²) in [5.74, 6) is -2.36. The van der Waals surface area contributed by atoms with E-state index in [4.69, 9.17) is 0 Å². The number of carbonyl (C=O) groups excluding carboxylic acids is 2. The van der Waals surface area contributed by atoms with E-state index >= 15 is 0 Å². The highest BCUT2D eigenvalue weighted by Gasteiger charge is 2.46. The van der Waals surface area contributed by atoms with E-state index in [0.29, 0.717) is 13.0 Å². The van der Waals surface area contributed by atoms with Gasteiger partial charge in [0.05, 0.1) is 0 Å². The van der Waals surface area contributed by atoms with E-state index in [1.54, 1.807) is 11.8 Å². The van der Waals surface area contributed by atoms with E-state index in [2.05, 4.69) is 0 Å². The molecule has 6 heteroatoms. The Balaban J connectivity index is 2.01. The molecule has 0 bridgehead atoms. The van der Waals surface area contributed by atoms with Gasteiger partial charge in [0.2, 0.25) is 5.91 Å². The van der Waals surface area contributed by atoms with Gasteiger partial charge in [-0.2, -0.15) is 0 Å². The fraction of sp³-hybridized carbons (Fsp3) is 0.429. The van der Waals surface area contributed by atoms with Crippen LogP contribution in [0.3, 0.4) is 0 Å². The summed E-state index contributed by atoms with van der Waals surface area (Å²) in [6, 6.07) is 2.09. The maximum absolute atomic E-state index is 13.3. The second-order valence-corrected chi connectivity index (χ2v) is 5.17. The fourth-order valence-corrected chi connectivity index (χ4v) is 2.97. The predicted molar refractivity (Wildman–Crippen MR) is 68.0 cm³/mol. The number of nitrogens with zero attached hydrogens (tertiary/aromatic N) is 2. The lowest BCUT2D eigenvalue weighted by molar-refractivity contribution is -0.143. The van der Waals surface area contributed by atoms with Gasteiger partial charge in [0, 0.05) is 18.3 Å². The molecular formula is C14H14F2N2O2. The smallest absolute Gasteiger partial charge is 0.250 e. The molecule has 2 atom stereocenters. The van der Waals surface area contributed by atoms with Crippen LogP contribution < -0.4 is 4.90 Å². The van der Waals surface area contributed by atoms with Crippen molar-refractivity contribution < 1.29 is 18.4 Å². The molecule has 2 aliphatic rings. The number of piperazine rings is 1. The monoisotopic (exact) mass is 280 g/mol. The lowest BCUT2D eigenvalue weighted by atomic mass is 10.0. The summed E-state index contributed by atoms with van der Waals surface area (Å²) in [6.45, 7) is 2.20. The van der Waals surface area contributed by atoms with Crippen molar-refractivity contribution in [2.75, 3.05) is 11.4 Å². The number of halogens is 2. The molecule has 1 aromatic rings. The fourth-order valence-electron chi connectivity index (χ4n) is 2.97. The van der Waals surface area contributed by atoms with Crippen LogP contribution in [0.1, 0.15) is 19.8 Å². The van der Waals surface area contributed by atoms with Crippen LogP contribution in [0.2, 0.25) is 0 Å². The van der Waals surface area contributed by atoms with Crippen molar-refractivity contribution in [3.63, 3.8) is 0 Å². The standard InChI is InChI=1S/C14H14F2N2O2/c1-8-13(19)17-6-2-3-12(17)14(20)18(8)9-4-5-10(15)11(16)7-9/h4-5,7-8,12H,2-3,6H2,1H3. The van der Waals surface area contributed by atoms with Crippen molar-refractivity contribution in [3.8, 4) is 0 Å². The first-order chi connectivity index (χ1) is 9.50. The maximum atomic E-state index is 13.3. The van der Waals surface area contributed by atoms with E-state index in [0.717, 1.165) is 18.6 Å². The lowest BCUT2D eigenvalue weighted by Crippen LogP contribution is -2.62.